The van der Waals surface area contributed by atoms with Gasteiger partial charge in [0.25, 0.3) is 0 Å². The Kier molecular flexibility index (Phi) is 4.27. The Bertz CT molecular complexity index is 750. The number of hydrogen-bond acceptors (Lipinski definition) is 5. The third-order valence-electron chi connectivity index (χ3n) is 3.88. The molecule has 1 aliphatic rings. The van der Waals surface area contributed by atoms with Crippen molar-refractivity contribution in [2.24, 2.45) is 0 Å². The summed E-state index contributed by atoms with van der Waals surface area (Å²) in [5, 5.41) is 9.55. The Morgan fingerprint density at radius 3 is 2.96 bits per heavy atom. The second kappa shape index (κ2) is 6.21. The van der Waals surface area contributed by atoms with Gasteiger partial charge in [0.1, 0.15) is 6.04 Å². The number of rotatable bonds is 4. The zero-order valence-electron chi connectivity index (χ0n) is 12.3. The molecule has 2 heterocycles. The number of nitrogens with zero attached hydrogens (tertiary/aromatic N) is 2. The van der Waals surface area contributed by atoms with Gasteiger partial charge in [0.2, 0.25) is 5.88 Å². The van der Waals surface area contributed by atoms with E-state index < -0.39 is 23.6 Å². The molecule has 1 aromatic carbocycles. The van der Waals surface area contributed by atoms with Crippen molar-refractivity contribution in [2.75, 3.05) is 13.7 Å². The van der Waals surface area contributed by atoms with Crippen LogP contribution in [0.15, 0.2) is 18.2 Å². The second-order valence-corrected chi connectivity index (χ2v) is 6.12. The average Bonchev–Trinajstić information content (AvgIpc) is 2.98. The number of carboxylic acids is 1. The van der Waals surface area contributed by atoms with Crippen molar-refractivity contribution in [1.29, 1.82) is 0 Å². The summed E-state index contributed by atoms with van der Waals surface area (Å²) in [5.74, 6) is -2.52. The highest BCUT2D eigenvalue weighted by atomic mass is 32.1. The molecule has 0 spiro atoms. The molecule has 0 radical (unpaired) electrons. The molecule has 0 aliphatic carbocycles. The number of methoxy groups -OCH3 is 1. The summed E-state index contributed by atoms with van der Waals surface area (Å²) in [6.45, 7) is 0.682. The fourth-order valence-corrected chi connectivity index (χ4v) is 3.54. The van der Waals surface area contributed by atoms with Gasteiger partial charge in [-0.25, -0.2) is 8.78 Å². The van der Waals surface area contributed by atoms with Crippen LogP contribution in [0.2, 0.25) is 0 Å². The molecule has 0 amide bonds. The van der Waals surface area contributed by atoms with Crippen LogP contribution >= 0.6 is 11.5 Å². The number of aliphatic carboxylic acids is 1. The SMILES string of the molecule is COc1cc(CN2CCc3c(ccc(F)c3F)C2C(=O)O)sn1. The number of hydrogen-bond donors (Lipinski definition) is 1. The molecule has 122 valence electrons. The van der Waals surface area contributed by atoms with Gasteiger partial charge in [0.05, 0.1) is 7.11 Å². The molecule has 1 aliphatic heterocycles. The third-order valence-corrected chi connectivity index (χ3v) is 4.63. The minimum Gasteiger partial charge on any atom is -0.480 e. The van der Waals surface area contributed by atoms with E-state index in [1.54, 1.807) is 11.0 Å². The Hall–Kier alpha value is -2.06. The number of aromatic nitrogens is 1. The van der Waals surface area contributed by atoms with Crippen LogP contribution in [0.3, 0.4) is 0 Å². The van der Waals surface area contributed by atoms with Gasteiger partial charge < -0.3 is 9.84 Å². The molecule has 1 aromatic heterocycles. The maximum Gasteiger partial charge on any atom is 0.325 e. The van der Waals surface area contributed by atoms with E-state index in [1.807, 2.05) is 0 Å². The van der Waals surface area contributed by atoms with E-state index in [-0.39, 0.29) is 12.0 Å². The topological polar surface area (TPSA) is 62.7 Å². The average molecular weight is 340 g/mol. The van der Waals surface area contributed by atoms with Crippen molar-refractivity contribution in [3.63, 3.8) is 0 Å². The minimum atomic E-state index is -1.09. The molecule has 1 unspecified atom stereocenters. The Balaban J connectivity index is 1.93. The maximum atomic E-state index is 13.9. The lowest BCUT2D eigenvalue weighted by molar-refractivity contribution is -0.144. The molecule has 0 bridgehead atoms. The van der Waals surface area contributed by atoms with Gasteiger partial charge in [-0.3, -0.25) is 9.69 Å². The first-order valence-corrected chi connectivity index (χ1v) is 7.71. The molecule has 1 N–H and O–H groups in total. The van der Waals surface area contributed by atoms with E-state index in [1.165, 1.54) is 24.7 Å². The number of fused-ring (bicyclic) bond motifs is 1. The lowest BCUT2D eigenvalue weighted by Gasteiger charge is -2.34. The van der Waals surface area contributed by atoms with E-state index >= 15 is 0 Å². The summed E-state index contributed by atoms with van der Waals surface area (Å²) < 4.78 is 36.4. The fraction of sp³-hybridized carbons (Fsp3) is 0.333. The number of halogens is 2. The van der Waals surface area contributed by atoms with Crippen LogP contribution in [-0.2, 0) is 17.8 Å². The van der Waals surface area contributed by atoms with Crippen LogP contribution < -0.4 is 4.74 Å². The molecule has 0 fully saturated rings. The molecule has 0 saturated heterocycles. The Labute approximate surface area is 135 Å². The molecule has 5 nitrogen and oxygen atoms in total. The smallest absolute Gasteiger partial charge is 0.325 e. The van der Waals surface area contributed by atoms with Gasteiger partial charge in [0, 0.05) is 24.0 Å². The van der Waals surface area contributed by atoms with Gasteiger partial charge in [-0.1, -0.05) is 6.07 Å². The number of ether oxygens (including phenoxy) is 1. The molecule has 8 heteroatoms. The van der Waals surface area contributed by atoms with Crippen LogP contribution in [0, 0.1) is 11.6 Å². The third kappa shape index (κ3) is 2.91. The minimum absolute atomic E-state index is 0.149. The van der Waals surface area contributed by atoms with Gasteiger partial charge in [-0.05, 0) is 35.1 Å². The van der Waals surface area contributed by atoms with E-state index in [9.17, 15) is 18.7 Å². The standard InChI is InChI=1S/C15H14F2N2O3S/c1-22-12-6-8(23-18-12)7-19-5-4-9-10(14(19)15(20)21)2-3-11(16)13(9)17/h2-3,6,14H,4-5,7H2,1H3,(H,20,21). The van der Waals surface area contributed by atoms with Crippen LogP contribution in [0.1, 0.15) is 22.0 Å². The quantitative estimate of drug-likeness (QED) is 0.927. The monoisotopic (exact) mass is 340 g/mol. The van der Waals surface area contributed by atoms with Crippen molar-refractivity contribution < 1.29 is 23.4 Å². The predicted octanol–water partition coefficient (Wildman–Crippen LogP) is 2.61. The summed E-state index contributed by atoms with van der Waals surface area (Å²) in [6, 6.07) is 3.06. The van der Waals surface area contributed by atoms with Crippen molar-refractivity contribution in [3.8, 4) is 5.88 Å². The van der Waals surface area contributed by atoms with Crippen molar-refractivity contribution in [1.82, 2.24) is 9.27 Å². The highest BCUT2D eigenvalue weighted by Gasteiger charge is 2.35. The molecule has 1 atom stereocenters. The highest BCUT2D eigenvalue weighted by Crippen LogP contribution is 2.34. The predicted molar refractivity (Wildman–Crippen MR) is 79.5 cm³/mol. The lowest BCUT2D eigenvalue weighted by atomic mass is 9.92. The maximum absolute atomic E-state index is 13.9. The Morgan fingerprint density at radius 1 is 1.52 bits per heavy atom. The first-order valence-electron chi connectivity index (χ1n) is 6.94. The van der Waals surface area contributed by atoms with E-state index in [4.69, 9.17) is 4.74 Å². The molecule has 0 saturated carbocycles. The number of carboxylic acid groups (broad SMARTS) is 1. The van der Waals surface area contributed by atoms with E-state index in [0.29, 0.717) is 24.5 Å². The highest BCUT2D eigenvalue weighted by molar-refractivity contribution is 7.05. The first kappa shape index (κ1) is 15.8. The zero-order chi connectivity index (χ0) is 16.6. The lowest BCUT2D eigenvalue weighted by Crippen LogP contribution is -2.39. The molecular weight excluding hydrogens is 326 g/mol. The summed E-state index contributed by atoms with van der Waals surface area (Å²) in [6.07, 6.45) is 0.263. The number of benzene rings is 1. The van der Waals surface area contributed by atoms with E-state index in [2.05, 4.69) is 4.37 Å². The van der Waals surface area contributed by atoms with Gasteiger partial charge in [-0.15, -0.1) is 0 Å². The molecule has 2 aromatic rings. The Morgan fingerprint density at radius 2 is 2.30 bits per heavy atom. The largest absolute Gasteiger partial charge is 0.480 e. The van der Waals surface area contributed by atoms with E-state index in [0.717, 1.165) is 10.9 Å². The summed E-state index contributed by atoms with van der Waals surface area (Å²) in [4.78, 5) is 14.2. The molecular formula is C15H14F2N2O3S. The van der Waals surface area contributed by atoms with Crippen LogP contribution in [0.25, 0.3) is 0 Å². The van der Waals surface area contributed by atoms with Crippen LogP contribution in [0.4, 0.5) is 8.78 Å². The number of carbonyl (C=O) groups is 1. The normalized spacial score (nSPS) is 17.8. The summed E-state index contributed by atoms with van der Waals surface area (Å²) in [5.41, 5.74) is 0.453. The van der Waals surface area contributed by atoms with Crippen LogP contribution in [-0.4, -0.2) is 34.0 Å². The first-order chi connectivity index (χ1) is 11.0. The summed E-state index contributed by atoms with van der Waals surface area (Å²) >= 11 is 1.22. The zero-order valence-corrected chi connectivity index (χ0v) is 13.1. The fourth-order valence-electron chi connectivity index (χ4n) is 2.82. The summed E-state index contributed by atoms with van der Waals surface area (Å²) in [7, 11) is 1.51. The molecule has 3 rings (SSSR count). The molecule has 23 heavy (non-hydrogen) atoms. The van der Waals surface area contributed by atoms with Crippen molar-refractivity contribution in [3.05, 3.63) is 45.8 Å². The van der Waals surface area contributed by atoms with Gasteiger partial charge in [0.15, 0.2) is 11.6 Å². The van der Waals surface area contributed by atoms with Crippen molar-refractivity contribution >= 4 is 17.5 Å². The van der Waals surface area contributed by atoms with Gasteiger partial charge >= 0.3 is 5.97 Å². The second-order valence-electron chi connectivity index (χ2n) is 5.23. The van der Waals surface area contributed by atoms with Crippen molar-refractivity contribution in [2.45, 2.75) is 19.0 Å². The van der Waals surface area contributed by atoms with Crippen LogP contribution in [0.5, 0.6) is 5.88 Å². The van der Waals surface area contributed by atoms with Gasteiger partial charge in [-0.2, -0.15) is 4.37 Å².